The SMILES string of the molecule is COc1ccc2c(Nc3ccncc3)c(F)c(-c3ccccc3F)nc2c1. The number of pyridine rings is 2. The fourth-order valence-electron chi connectivity index (χ4n) is 2.88. The van der Waals surface area contributed by atoms with E-state index >= 15 is 4.39 Å². The lowest BCUT2D eigenvalue weighted by Crippen LogP contribution is -2.01. The molecule has 2 aromatic carbocycles. The lowest BCUT2D eigenvalue weighted by Gasteiger charge is -2.15. The molecule has 2 heterocycles. The summed E-state index contributed by atoms with van der Waals surface area (Å²) in [5.41, 5.74) is 1.40. The largest absolute Gasteiger partial charge is 0.497 e. The van der Waals surface area contributed by atoms with Crippen LogP contribution >= 0.6 is 0 Å². The van der Waals surface area contributed by atoms with Crippen LogP contribution in [0.2, 0.25) is 0 Å². The normalized spacial score (nSPS) is 10.8. The van der Waals surface area contributed by atoms with Crippen LogP contribution < -0.4 is 10.1 Å². The summed E-state index contributed by atoms with van der Waals surface area (Å²) in [6.45, 7) is 0. The molecule has 6 heteroatoms. The van der Waals surface area contributed by atoms with E-state index in [0.29, 0.717) is 22.3 Å². The van der Waals surface area contributed by atoms with Crippen LogP contribution in [0.5, 0.6) is 5.75 Å². The van der Waals surface area contributed by atoms with Gasteiger partial charge in [0, 0.05) is 35.1 Å². The second-order valence-electron chi connectivity index (χ2n) is 5.87. The number of benzene rings is 2. The molecule has 0 saturated heterocycles. The first kappa shape index (κ1) is 16.9. The summed E-state index contributed by atoms with van der Waals surface area (Å²) >= 11 is 0. The van der Waals surface area contributed by atoms with Gasteiger partial charge < -0.3 is 10.1 Å². The summed E-state index contributed by atoms with van der Waals surface area (Å²) in [4.78, 5) is 8.33. The van der Waals surface area contributed by atoms with E-state index in [4.69, 9.17) is 4.74 Å². The van der Waals surface area contributed by atoms with Crippen LogP contribution in [0.4, 0.5) is 20.2 Å². The second kappa shape index (κ2) is 6.99. The molecule has 0 radical (unpaired) electrons. The molecule has 4 aromatic rings. The van der Waals surface area contributed by atoms with Crippen molar-refractivity contribution in [3.05, 3.63) is 78.6 Å². The first-order chi connectivity index (χ1) is 13.2. The predicted octanol–water partition coefficient (Wildman–Crippen LogP) is 5.33. The van der Waals surface area contributed by atoms with E-state index in [0.717, 1.165) is 0 Å². The maximum absolute atomic E-state index is 15.4. The van der Waals surface area contributed by atoms with Gasteiger partial charge in [-0.3, -0.25) is 4.98 Å². The summed E-state index contributed by atoms with van der Waals surface area (Å²) in [5.74, 6) is -0.591. The van der Waals surface area contributed by atoms with E-state index in [2.05, 4.69) is 15.3 Å². The summed E-state index contributed by atoms with van der Waals surface area (Å²) in [5, 5.41) is 3.62. The number of hydrogen-bond donors (Lipinski definition) is 1. The Morgan fingerprint density at radius 2 is 1.74 bits per heavy atom. The molecular weight excluding hydrogens is 348 g/mol. The van der Waals surface area contributed by atoms with Crippen molar-refractivity contribution in [1.82, 2.24) is 9.97 Å². The molecule has 0 aliphatic rings. The molecule has 1 N–H and O–H groups in total. The van der Waals surface area contributed by atoms with Gasteiger partial charge in [0.15, 0.2) is 5.82 Å². The minimum absolute atomic E-state index is 0.0644. The number of hydrogen-bond acceptors (Lipinski definition) is 4. The van der Waals surface area contributed by atoms with E-state index < -0.39 is 11.6 Å². The minimum Gasteiger partial charge on any atom is -0.497 e. The van der Waals surface area contributed by atoms with E-state index in [1.165, 1.54) is 12.1 Å². The van der Waals surface area contributed by atoms with Gasteiger partial charge in [-0.2, -0.15) is 0 Å². The maximum atomic E-state index is 15.4. The molecule has 0 aliphatic carbocycles. The zero-order valence-electron chi connectivity index (χ0n) is 14.4. The van der Waals surface area contributed by atoms with Crippen LogP contribution in [-0.4, -0.2) is 17.1 Å². The Labute approximate surface area is 154 Å². The summed E-state index contributed by atoms with van der Waals surface area (Å²) in [6.07, 6.45) is 3.20. The van der Waals surface area contributed by atoms with Crippen molar-refractivity contribution in [2.24, 2.45) is 0 Å². The van der Waals surface area contributed by atoms with Crippen LogP contribution in [0.25, 0.3) is 22.2 Å². The quantitative estimate of drug-likeness (QED) is 0.533. The van der Waals surface area contributed by atoms with Crippen molar-refractivity contribution in [3.8, 4) is 17.0 Å². The molecule has 4 nitrogen and oxygen atoms in total. The maximum Gasteiger partial charge on any atom is 0.173 e. The molecule has 4 rings (SSSR count). The molecule has 0 aliphatic heterocycles. The standard InChI is InChI=1S/C21H15F2N3O/c1-27-14-6-7-16-18(12-14)26-20(15-4-2-3-5-17(15)22)19(23)21(16)25-13-8-10-24-11-9-13/h2-12H,1H3,(H,24,25,26). The third-order valence-corrected chi connectivity index (χ3v) is 4.21. The van der Waals surface area contributed by atoms with Crippen LogP contribution in [0, 0.1) is 11.6 Å². The van der Waals surface area contributed by atoms with Crippen LogP contribution in [0.15, 0.2) is 67.0 Å². The molecular formula is C21H15F2N3O. The molecule has 2 aromatic heterocycles. The predicted molar refractivity (Wildman–Crippen MR) is 101 cm³/mol. The van der Waals surface area contributed by atoms with Crippen LogP contribution in [0.3, 0.4) is 0 Å². The molecule has 0 saturated carbocycles. The van der Waals surface area contributed by atoms with Crippen molar-refractivity contribution in [1.29, 1.82) is 0 Å². The Bertz CT molecular complexity index is 1120. The molecule has 0 unspecified atom stereocenters. The van der Waals surface area contributed by atoms with Gasteiger partial charge >= 0.3 is 0 Å². The lowest BCUT2D eigenvalue weighted by molar-refractivity contribution is 0.415. The van der Waals surface area contributed by atoms with Crippen molar-refractivity contribution >= 4 is 22.3 Å². The number of nitrogens with zero attached hydrogens (tertiary/aromatic N) is 2. The Balaban J connectivity index is 1.99. The monoisotopic (exact) mass is 363 g/mol. The van der Waals surface area contributed by atoms with Gasteiger partial charge in [-0.25, -0.2) is 13.8 Å². The molecule has 27 heavy (non-hydrogen) atoms. The zero-order valence-corrected chi connectivity index (χ0v) is 14.4. The van der Waals surface area contributed by atoms with Crippen LogP contribution in [0.1, 0.15) is 0 Å². The molecule has 0 fully saturated rings. The number of methoxy groups -OCH3 is 1. The number of nitrogens with one attached hydrogen (secondary N) is 1. The Morgan fingerprint density at radius 3 is 2.48 bits per heavy atom. The van der Waals surface area contributed by atoms with Gasteiger partial charge in [0.2, 0.25) is 0 Å². The molecule has 0 bridgehead atoms. The fourth-order valence-corrected chi connectivity index (χ4v) is 2.88. The average molecular weight is 363 g/mol. The summed E-state index contributed by atoms with van der Waals surface area (Å²) in [7, 11) is 1.54. The van der Waals surface area contributed by atoms with Gasteiger partial charge in [0.05, 0.1) is 18.3 Å². The van der Waals surface area contributed by atoms with E-state index in [1.54, 1.807) is 62.0 Å². The molecule has 0 amide bonds. The number of anilines is 2. The third-order valence-electron chi connectivity index (χ3n) is 4.21. The number of aromatic nitrogens is 2. The summed E-state index contributed by atoms with van der Waals surface area (Å²) < 4.78 is 34.9. The van der Waals surface area contributed by atoms with Gasteiger partial charge in [-0.15, -0.1) is 0 Å². The number of ether oxygens (including phenoxy) is 1. The Kier molecular flexibility index (Phi) is 4.38. The molecule has 134 valence electrons. The minimum atomic E-state index is -0.630. The van der Waals surface area contributed by atoms with E-state index in [9.17, 15) is 4.39 Å². The van der Waals surface area contributed by atoms with Gasteiger partial charge in [0.1, 0.15) is 17.3 Å². The highest BCUT2D eigenvalue weighted by Crippen LogP contribution is 2.36. The Morgan fingerprint density at radius 1 is 0.963 bits per heavy atom. The smallest absolute Gasteiger partial charge is 0.173 e. The van der Waals surface area contributed by atoms with Crippen LogP contribution in [-0.2, 0) is 0 Å². The van der Waals surface area contributed by atoms with E-state index in [-0.39, 0.29) is 16.9 Å². The first-order valence-corrected chi connectivity index (χ1v) is 8.26. The Hall–Kier alpha value is -3.54. The average Bonchev–Trinajstić information content (AvgIpc) is 2.71. The van der Waals surface area contributed by atoms with Gasteiger partial charge in [-0.1, -0.05) is 12.1 Å². The fraction of sp³-hybridized carbons (Fsp3) is 0.0476. The second-order valence-corrected chi connectivity index (χ2v) is 5.87. The topological polar surface area (TPSA) is 47.0 Å². The highest BCUT2D eigenvalue weighted by atomic mass is 19.1. The molecule has 0 spiro atoms. The zero-order chi connectivity index (χ0) is 18.8. The van der Waals surface area contributed by atoms with Crippen molar-refractivity contribution < 1.29 is 13.5 Å². The number of halogens is 2. The molecule has 0 atom stereocenters. The summed E-state index contributed by atoms with van der Waals surface area (Å²) in [6, 6.07) is 14.6. The first-order valence-electron chi connectivity index (χ1n) is 8.26. The lowest BCUT2D eigenvalue weighted by atomic mass is 10.1. The van der Waals surface area contributed by atoms with E-state index in [1.807, 2.05) is 0 Å². The highest BCUT2D eigenvalue weighted by molar-refractivity contribution is 5.96. The van der Waals surface area contributed by atoms with Crippen molar-refractivity contribution in [2.45, 2.75) is 0 Å². The number of rotatable bonds is 4. The third kappa shape index (κ3) is 3.17. The van der Waals surface area contributed by atoms with Gasteiger partial charge in [-0.05, 0) is 36.4 Å². The highest BCUT2D eigenvalue weighted by Gasteiger charge is 2.19. The number of fused-ring (bicyclic) bond motifs is 1. The van der Waals surface area contributed by atoms with Crippen molar-refractivity contribution in [2.75, 3.05) is 12.4 Å². The van der Waals surface area contributed by atoms with Gasteiger partial charge in [0.25, 0.3) is 0 Å². The van der Waals surface area contributed by atoms with Crippen molar-refractivity contribution in [3.63, 3.8) is 0 Å².